The molecule has 17 heteroatoms. The Kier molecular flexibility index (Phi) is 18.9. The van der Waals surface area contributed by atoms with Crippen LogP contribution >= 0.6 is 0 Å². The number of hydrogen-bond acceptors (Lipinski definition) is 13. The Labute approximate surface area is 764 Å². The molecule has 0 aliphatic carbocycles. The fourth-order valence-electron chi connectivity index (χ4n) is 19.2. The molecule has 652 valence electrons. The summed E-state index contributed by atoms with van der Waals surface area (Å²) < 4.78 is 109. The third-order valence-corrected chi connectivity index (χ3v) is 27.2. The van der Waals surface area contributed by atoms with E-state index in [0.29, 0.717) is 45.3 Å². The number of hydrogen-bond donors (Lipinski definition) is 1. The first kappa shape index (κ1) is 81.0. The van der Waals surface area contributed by atoms with Gasteiger partial charge in [-0.25, -0.2) is 0 Å². The smallest absolute Gasteiger partial charge is 0.456 e. The minimum atomic E-state index is -5.77. The molecule has 0 saturated heterocycles. The maximum Gasteiger partial charge on any atom is 0.534 e. The molecule has 0 aliphatic rings. The van der Waals surface area contributed by atoms with E-state index in [1.807, 2.05) is 79.7 Å². The Hall–Kier alpha value is -16.2. The molecule has 26 rings (SSSR count). The number of alkyl halides is 3. The summed E-state index contributed by atoms with van der Waals surface area (Å²) in [6.07, 6.45) is 0. The highest BCUT2D eigenvalue weighted by Gasteiger charge is 2.48. The minimum Gasteiger partial charge on any atom is -0.456 e. The predicted molar refractivity (Wildman–Crippen MR) is 542 cm³/mol. The number of nitrogens with zero attached hydrogens (tertiary/aromatic N) is 2. The monoisotopic (exact) mass is 1780 g/mol. The van der Waals surface area contributed by atoms with E-state index >= 15 is 0 Å². The topological polar surface area (TPSA) is 154 Å². The Bertz CT molecular complexity index is 9120. The molecule has 19 aromatic carbocycles. The van der Waals surface area contributed by atoms with Crippen molar-refractivity contribution in [3.05, 3.63) is 368 Å². The van der Waals surface area contributed by atoms with Crippen molar-refractivity contribution in [2.75, 3.05) is 15.1 Å². The van der Waals surface area contributed by atoms with Crippen molar-refractivity contribution in [1.29, 1.82) is 0 Å². The number of anilines is 8. The molecule has 1 N–H and O–H groups in total. The highest BCUT2D eigenvalue weighted by Crippen LogP contribution is 2.48. The minimum absolute atomic E-state index is 0.434. The molecule has 0 atom stereocenters. The Morgan fingerprint density at radius 2 is 0.545 bits per heavy atom. The summed E-state index contributed by atoms with van der Waals surface area (Å²) in [6, 6.07) is 119. The van der Waals surface area contributed by atoms with Gasteiger partial charge in [0, 0.05) is 133 Å². The molecule has 0 amide bonds. The van der Waals surface area contributed by atoms with Crippen LogP contribution in [0, 0.1) is 6.92 Å². The van der Waals surface area contributed by atoms with Gasteiger partial charge in [0.25, 0.3) is 0 Å². The molecule has 0 fully saturated rings. The molecular formula is C117H82F3N3O10S. The van der Waals surface area contributed by atoms with Crippen LogP contribution in [0.15, 0.2) is 377 Å². The van der Waals surface area contributed by atoms with Gasteiger partial charge >= 0.3 is 15.6 Å². The van der Waals surface area contributed by atoms with E-state index in [4.69, 9.17) is 30.9 Å². The number of fused-ring (bicyclic) bond motifs is 25. The zero-order valence-electron chi connectivity index (χ0n) is 73.7. The molecule has 0 bridgehead atoms. The highest BCUT2D eigenvalue weighted by atomic mass is 32.2. The second-order valence-corrected chi connectivity index (χ2v) is 37.4. The van der Waals surface area contributed by atoms with Crippen molar-refractivity contribution in [3.8, 4) is 5.75 Å². The van der Waals surface area contributed by atoms with E-state index in [0.717, 1.165) is 215 Å². The summed E-state index contributed by atoms with van der Waals surface area (Å²) in [7, 11) is -5.77. The third kappa shape index (κ3) is 14.2. The summed E-state index contributed by atoms with van der Waals surface area (Å²) in [6.45, 7) is 15.4. The fraction of sp³-hybridized carbons (Fsp3) is 0.0940. The molecule has 26 aromatic rings. The quantitative estimate of drug-likeness (QED) is 0.0861. The first-order valence-corrected chi connectivity index (χ1v) is 46.2. The van der Waals surface area contributed by atoms with Gasteiger partial charge in [-0.2, -0.15) is 21.6 Å². The van der Waals surface area contributed by atoms with Crippen LogP contribution in [0.5, 0.6) is 5.75 Å². The van der Waals surface area contributed by atoms with Gasteiger partial charge in [-0.15, -0.1) is 0 Å². The summed E-state index contributed by atoms with van der Waals surface area (Å²) in [4.78, 5) is 4.67. The SMILES string of the molecule is CC(C)c1ccc(N(c2ccc3cc4c(cc3c2)oc2cc3oc5cc6cc(N(c7ccc(C(C)C)cc7)c7ccc8oc9ccccc9c8c7)ccc6cc5c3cc24)c2ccc3oc4ccccc4c3c2)cc1.CC(C)c1ccc(Nc2ccc3oc4ccccc4c3c2)cc1.Cc1ccc2cc3c(cc2c1)oc1cc2oc4cc5cc(OS(=O)(=O)C(F)(F)F)ccc5cc4c2cc13. The number of aryl methyl sites for hydroxylation is 1. The molecule has 13 nitrogen and oxygen atoms in total. The highest BCUT2D eigenvalue weighted by molar-refractivity contribution is 7.88. The van der Waals surface area contributed by atoms with Crippen LogP contribution in [-0.2, 0) is 10.1 Å². The van der Waals surface area contributed by atoms with Crippen LogP contribution in [0.1, 0.15) is 81.5 Å². The average Bonchev–Trinajstić information content (AvgIpc) is 1.58. The number of rotatable bonds is 13. The second-order valence-electron chi connectivity index (χ2n) is 35.8. The molecular weight excluding hydrogens is 1700 g/mol. The lowest BCUT2D eigenvalue weighted by Gasteiger charge is -2.26. The van der Waals surface area contributed by atoms with Gasteiger partial charge in [-0.1, -0.05) is 174 Å². The molecule has 0 radical (unpaired) electrons. The summed E-state index contributed by atoms with van der Waals surface area (Å²) in [5.41, 5.74) is 19.3. The fourth-order valence-corrected chi connectivity index (χ4v) is 19.6. The van der Waals surface area contributed by atoms with Crippen molar-refractivity contribution in [2.24, 2.45) is 0 Å². The Morgan fingerprint density at radius 1 is 0.254 bits per heavy atom. The van der Waals surface area contributed by atoms with Gasteiger partial charge in [0.1, 0.15) is 83.9 Å². The molecule has 134 heavy (non-hydrogen) atoms. The predicted octanol–water partition coefficient (Wildman–Crippen LogP) is 35.6. The van der Waals surface area contributed by atoms with Crippen molar-refractivity contribution >= 4 is 252 Å². The van der Waals surface area contributed by atoms with Crippen molar-refractivity contribution in [3.63, 3.8) is 0 Å². The maximum atomic E-state index is 12.7. The Morgan fingerprint density at radius 3 is 0.948 bits per heavy atom. The van der Waals surface area contributed by atoms with Crippen LogP contribution in [0.4, 0.5) is 58.7 Å². The summed E-state index contributed by atoms with van der Waals surface area (Å²) >= 11 is 0. The number of para-hydroxylation sites is 3. The Balaban J connectivity index is 0.000000135. The van der Waals surface area contributed by atoms with E-state index in [9.17, 15) is 21.6 Å². The van der Waals surface area contributed by atoms with E-state index < -0.39 is 21.4 Å². The van der Waals surface area contributed by atoms with E-state index in [-0.39, 0.29) is 0 Å². The molecule has 7 heterocycles. The number of nitrogens with one attached hydrogen (secondary N) is 1. The molecule has 0 unspecified atom stereocenters. The van der Waals surface area contributed by atoms with Gasteiger partial charge < -0.3 is 50.2 Å². The normalized spacial score (nSPS) is 12.4. The summed E-state index contributed by atoms with van der Waals surface area (Å²) in [5.74, 6) is 0.983. The van der Waals surface area contributed by atoms with E-state index in [1.165, 1.54) is 40.5 Å². The second kappa shape index (κ2) is 31.2. The first-order chi connectivity index (χ1) is 65.0. The largest absolute Gasteiger partial charge is 0.534 e. The maximum absolute atomic E-state index is 12.7. The van der Waals surface area contributed by atoms with Crippen molar-refractivity contribution < 1.29 is 56.7 Å². The average molecular weight is 1780 g/mol. The van der Waals surface area contributed by atoms with Gasteiger partial charge in [0.05, 0.1) is 0 Å². The summed E-state index contributed by atoms with van der Waals surface area (Å²) in [5, 5.41) is 25.8. The third-order valence-electron chi connectivity index (χ3n) is 26.2. The lowest BCUT2D eigenvalue weighted by Crippen LogP contribution is -2.28. The molecule has 0 spiro atoms. The number of halogens is 3. The van der Waals surface area contributed by atoms with E-state index in [2.05, 4.69) is 310 Å². The zero-order valence-corrected chi connectivity index (χ0v) is 74.5. The standard InChI is InChI=1S/C68H48N2O4.C28H15F3O5S.C21H19NO/c1-39(2)41-13-19-47(20-14-41)69(51-25-27-63-57(35-51)53-9-5-7-11-61(53)71-63)49-23-17-43-31-55-59-37-60-56-32-44-18-24-50(30-46(44)34-66(56)74-68(60)38-67(59)73-65(55)33-45(43)29-49)70(48-21-15-42(16-22-48)40(3)4)52-26-28-64-58(36-52)54-10-6-8-12-62(54)72-64;1-14-2-3-15-8-20-22-12-23-21-9-16-4-5-19(36-37(32,33)28(29,30)31)7-18(16)11-25(21)35-27(23)13-26(22)34-24(20)10-17(15)6-14;1-14(2)15-7-9-16(10-8-15)22-17-11-12-21-19(13-17)18-5-3-4-6-20(18)23-21/h5-40H,1-4H3;2-13H,1H3;3-14,22H,1-2H3. The van der Waals surface area contributed by atoms with Crippen LogP contribution in [0.2, 0.25) is 0 Å². The lowest BCUT2D eigenvalue weighted by molar-refractivity contribution is -0.0500. The number of furan rings is 7. The van der Waals surface area contributed by atoms with Crippen molar-refractivity contribution in [1.82, 2.24) is 0 Å². The molecule has 0 aliphatic heterocycles. The van der Waals surface area contributed by atoms with Crippen molar-refractivity contribution in [2.45, 2.75) is 71.7 Å². The van der Waals surface area contributed by atoms with Crippen LogP contribution < -0.4 is 19.3 Å². The van der Waals surface area contributed by atoms with Gasteiger partial charge in [-0.05, 0) is 291 Å². The molecule has 7 aromatic heterocycles. The molecule has 0 saturated carbocycles. The number of benzene rings is 19. The van der Waals surface area contributed by atoms with Gasteiger partial charge in [0.2, 0.25) is 0 Å². The lowest BCUT2D eigenvalue weighted by atomic mass is 10.0. The van der Waals surface area contributed by atoms with Crippen LogP contribution in [-0.4, -0.2) is 13.9 Å². The zero-order chi connectivity index (χ0) is 90.8. The first-order valence-electron chi connectivity index (χ1n) is 44.8. The van der Waals surface area contributed by atoms with E-state index in [1.54, 1.807) is 6.07 Å². The van der Waals surface area contributed by atoms with Gasteiger partial charge in [0.15, 0.2) is 0 Å². The van der Waals surface area contributed by atoms with Gasteiger partial charge in [-0.3, -0.25) is 0 Å². The van der Waals surface area contributed by atoms with Crippen LogP contribution in [0.3, 0.4) is 0 Å². The van der Waals surface area contributed by atoms with Crippen LogP contribution in [0.25, 0.3) is 197 Å².